The molecular weight excluding hydrogens is 416 g/mol. The summed E-state index contributed by atoms with van der Waals surface area (Å²) in [6.45, 7) is 2.39. The van der Waals surface area contributed by atoms with Gasteiger partial charge in [0.05, 0.1) is 17.4 Å². The molecule has 170 valence electrons. The summed E-state index contributed by atoms with van der Waals surface area (Å²) in [5, 5.41) is 12.2. The van der Waals surface area contributed by atoms with E-state index in [4.69, 9.17) is 9.94 Å². The minimum atomic E-state index is -0.887. The molecule has 3 aromatic carbocycles. The molecule has 0 aliphatic heterocycles. The van der Waals surface area contributed by atoms with Gasteiger partial charge in [0.25, 0.3) is 0 Å². The predicted molar refractivity (Wildman–Crippen MR) is 124 cm³/mol. The van der Waals surface area contributed by atoms with E-state index in [0.29, 0.717) is 19.4 Å². The summed E-state index contributed by atoms with van der Waals surface area (Å²) in [6.07, 6.45) is 0.788. The topological polar surface area (TPSA) is 87.7 Å². The molecule has 0 radical (unpaired) electrons. The van der Waals surface area contributed by atoms with Crippen LogP contribution in [-0.2, 0) is 22.6 Å². The zero-order valence-corrected chi connectivity index (χ0v) is 18.5. The molecule has 6 nitrogen and oxygen atoms in total. The Morgan fingerprint density at radius 3 is 2.24 bits per heavy atom. The Hall–Kier alpha value is -3.64. The second kappa shape index (κ2) is 9.88. The van der Waals surface area contributed by atoms with Gasteiger partial charge in [0.1, 0.15) is 12.4 Å². The van der Waals surface area contributed by atoms with Crippen LogP contribution in [0, 0.1) is 11.3 Å². The van der Waals surface area contributed by atoms with Gasteiger partial charge in [0, 0.05) is 0 Å². The van der Waals surface area contributed by atoms with Crippen molar-refractivity contribution in [2.45, 2.75) is 32.4 Å². The lowest BCUT2D eigenvalue weighted by atomic mass is 9.92. The van der Waals surface area contributed by atoms with Crippen LogP contribution in [0.3, 0.4) is 0 Å². The molecule has 33 heavy (non-hydrogen) atoms. The van der Waals surface area contributed by atoms with Crippen molar-refractivity contribution < 1.29 is 19.5 Å². The van der Waals surface area contributed by atoms with Gasteiger partial charge >= 0.3 is 0 Å². The number of hydrogen-bond acceptors (Lipinski definition) is 4. The Morgan fingerprint density at radius 2 is 1.61 bits per heavy atom. The molecule has 0 aromatic heterocycles. The van der Waals surface area contributed by atoms with E-state index in [-0.39, 0.29) is 11.9 Å². The first-order valence-electron chi connectivity index (χ1n) is 11.1. The van der Waals surface area contributed by atoms with Gasteiger partial charge in [-0.05, 0) is 48.6 Å². The number of rotatable bonds is 9. The van der Waals surface area contributed by atoms with E-state index >= 15 is 0 Å². The Bertz CT molecular complexity index is 1090. The molecule has 1 fully saturated rings. The first-order chi connectivity index (χ1) is 16.0. The molecule has 1 saturated carbocycles. The molecule has 4 rings (SSSR count). The van der Waals surface area contributed by atoms with Gasteiger partial charge in [-0.3, -0.25) is 14.8 Å². The maximum absolute atomic E-state index is 13.3. The molecule has 3 N–H and O–H groups in total. The predicted octanol–water partition coefficient (Wildman–Crippen LogP) is 4.20. The molecule has 0 heterocycles. The standard InChI is InChI=1S/C27H28N2O4/c1-19(22-10-6-3-7-11-22)28-26(31)27(17-24(27)25(30)29-32)16-20-12-14-23(15-13-20)33-18-21-8-4-2-5-9-21/h2-15,19,24,32H,16-18H2,1H3,(H,28,31)(H,29,30). The lowest BCUT2D eigenvalue weighted by molar-refractivity contribution is -0.135. The second-order valence-electron chi connectivity index (χ2n) is 8.59. The SMILES string of the molecule is CC(NC(=O)C1(Cc2ccc(OCc3ccccc3)cc2)CC1C(=O)NO)c1ccccc1. The number of amides is 2. The monoisotopic (exact) mass is 444 g/mol. The van der Waals surface area contributed by atoms with Crippen LogP contribution >= 0.6 is 0 Å². The number of ether oxygens (including phenoxy) is 1. The van der Waals surface area contributed by atoms with E-state index in [9.17, 15) is 9.59 Å². The molecule has 0 bridgehead atoms. The largest absolute Gasteiger partial charge is 0.489 e. The van der Waals surface area contributed by atoms with Crippen molar-refractivity contribution in [3.63, 3.8) is 0 Å². The first-order valence-corrected chi connectivity index (χ1v) is 11.1. The average Bonchev–Trinajstić information content (AvgIpc) is 3.59. The van der Waals surface area contributed by atoms with Gasteiger partial charge in [-0.25, -0.2) is 5.48 Å². The van der Waals surface area contributed by atoms with Crippen LogP contribution in [-0.4, -0.2) is 17.0 Å². The minimum absolute atomic E-state index is 0.183. The summed E-state index contributed by atoms with van der Waals surface area (Å²) >= 11 is 0. The summed E-state index contributed by atoms with van der Waals surface area (Å²) < 4.78 is 5.84. The highest BCUT2D eigenvalue weighted by molar-refractivity contribution is 5.96. The zero-order chi connectivity index (χ0) is 23.3. The van der Waals surface area contributed by atoms with Gasteiger partial charge in [-0.15, -0.1) is 0 Å². The Labute approximate surface area is 193 Å². The third kappa shape index (κ3) is 5.23. The lowest BCUT2D eigenvalue weighted by Crippen LogP contribution is -2.38. The van der Waals surface area contributed by atoms with Gasteiger partial charge < -0.3 is 10.1 Å². The van der Waals surface area contributed by atoms with Crippen molar-refractivity contribution in [2.24, 2.45) is 11.3 Å². The highest BCUT2D eigenvalue weighted by Crippen LogP contribution is 2.55. The maximum atomic E-state index is 13.3. The summed E-state index contributed by atoms with van der Waals surface area (Å²) in [4.78, 5) is 25.4. The lowest BCUT2D eigenvalue weighted by Gasteiger charge is -2.21. The normalized spacial score (nSPS) is 19.9. The fourth-order valence-corrected chi connectivity index (χ4v) is 4.23. The van der Waals surface area contributed by atoms with E-state index in [0.717, 1.165) is 22.4 Å². The van der Waals surface area contributed by atoms with Gasteiger partial charge in [0.15, 0.2) is 0 Å². The summed E-state index contributed by atoms with van der Waals surface area (Å²) in [5.41, 5.74) is 3.83. The van der Waals surface area contributed by atoms with Crippen molar-refractivity contribution in [1.82, 2.24) is 10.8 Å². The van der Waals surface area contributed by atoms with Crippen LogP contribution in [0.4, 0.5) is 0 Å². The van der Waals surface area contributed by atoms with Gasteiger partial charge in [-0.1, -0.05) is 72.8 Å². The van der Waals surface area contributed by atoms with Crippen molar-refractivity contribution in [1.29, 1.82) is 0 Å². The van der Waals surface area contributed by atoms with Crippen molar-refractivity contribution in [3.8, 4) is 5.75 Å². The average molecular weight is 445 g/mol. The molecular formula is C27H28N2O4. The molecule has 1 aliphatic carbocycles. The van der Waals surface area contributed by atoms with Crippen molar-refractivity contribution >= 4 is 11.8 Å². The Balaban J connectivity index is 1.44. The molecule has 0 spiro atoms. The molecule has 1 aliphatic rings. The van der Waals surface area contributed by atoms with Gasteiger partial charge in [0.2, 0.25) is 11.8 Å². The van der Waals surface area contributed by atoms with Crippen LogP contribution in [0.1, 0.15) is 36.1 Å². The van der Waals surface area contributed by atoms with E-state index in [2.05, 4.69) is 5.32 Å². The molecule has 2 amide bonds. The third-order valence-corrected chi connectivity index (χ3v) is 6.29. The summed E-state index contributed by atoms with van der Waals surface area (Å²) in [7, 11) is 0. The third-order valence-electron chi connectivity index (χ3n) is 6.29. The van der Waals surface area contributed by atoms with E-state index in [1.165, 1.54) is 0 Å². The number of carbonyl (C=O) groups is 2. The second-order valence-corrected chi connectivity index (χ2v) is 8.59. The number of benzene rings is 3. The van der Waals surface area contributed by atoms with E-state index in [1.807, 2.05) is 91.9 Å². The molecule has 6 heteroatoms. The molecule has 3 aromatic rings. The Morgan fingerprint density at radius 1 is 0.970 bits per heavy atom. The van der Waals surface area contributed by atoms with Crippen LogP contribution in [0.15, 0.2) is 84.9 Å². The van der Waals surface area contributed by atoms with Crippen molar-refractivity contribution in [2.75, 3.05) is 0 Å². The first kappa shape index (κ1) is 22.6. The quantitative estimate of drug-likeness (QED) is 0.341. The number of nitrogens with one attached hydrogen (secondary N) is 2. The van der Waals surface area contributed by atoms with E-state index in [1.54, 1.807) is 5.48 Å². The fraction of sp³-hybridized carbons (Fsp3) is 0.259. The zero-order valence-electron chi connectivity index (χ0n) is 18.5. The highest BCUT2D eigenvalue weighted by Gasteiger charge is 2.63. The van der Waals surface area contributed by atoms with Gasteiger partial charge in [-0.2, -0.15) is 0 Å². The maximum Gasteiger partial charge on any atom is 0.247 e. The van der Waals surface area contributed by atoms with Crippen LogP contribution < -0.4 is 15.5 Å². The van der Waals surface area contributed by atoms with Crippen LogP contribution in [0.2, 0.25) is 0 Å². The summed E-state index contributed by atoms with van der Waals surface area (Å²) in [5.74, 6) is -0.545. The smallest absolute Gasteiger partial charge is 0.247 e. The number of hydroxylamine groups is 1. The van der Waals surface area contributed by atoms with E-state index < -0.39 is 17.2 Å². The number of carbonyl (C=O) groups excluding carboxylic acids is 2. The summed E-state index contributed by atoms with van der Waals surface area (Å²) in [6, 6.07) is 27.0. The fourth-order valence-electron chi connectivity index (χ4n) is 4.23. The Kier molecular flexibility index (Phi) is 6.75. The molecule has 3 atom stereocenters. The highest BCUT2D eigenvalue weighted by atomic mass is 16.5. The van der Waals surface area contributed by atoms with Crippen molar-refractivity contribution in [3.05, 3.63) is 102 Å². The van der Waals surface area contributed by atoms with Crippen LogP contribution in [0.5, 0.6) is 5.75 Å². The minimum Gasteiger partial charge on any atom is -0.489 e. The molecule has 3 unspecified atom stereocenters. The number of hydrogen-bond donors (Lipinski definition) is 3. The molecule has 0 saturated heterocycles. The van der Waals surface area contributed by atoms with Crippen LogP contribution in [0.25, 0.3) is 0 Å².